The fourth-order valence-corrected chi connectivity index (χ4v) is 2.23. The molecule has 0 radical (unpaired) electrons. The molecule has 0 saturated carbocycles. The van der Waals surface area contributed by atoms with Crippen molar-refractivity contribution in [1.29, 1.82) is 0 Å². The third-order valence-corrected chi connectivity index (χ3v) is 3.26. The van der Waals surface area contributed by atoms with Crippen LogP contribution in [0.1, 0.15) is 6.92 Å². The molecule has 0 aliphatic heterocycles. The Bertz CT molecular complexity index is 732. The van der Waals surface area contributed by atoms with Crippen molar-refractivity contribution in [2.24, 2.45) is 0 Å². The molecule has 0 aliphatic carbocycles. The third-order valence-electron chi connectivity index (χ3n) is 3.26. The number of benzene rings is 2. The van der Waals surface area contributed by atoms with E-state index in [0.717, 1.165) is 34.0 Å². The van der Waals surface area contributed by atoms with Gasteiger partial charge in [-0.15, -0.1) is 0 Å². The Morgan fingerprint density at radius 1 is 1.10 bits per heavy atom. The molecule has 1 heterocycles. The highest BCUT2D eigenvalue weighted by atomic mass is 16.5. The van der Waals surface area contributed by atoms with E-state index in [1.54, 1.807) is 0 Å². The highest BCUT2D eigenvalue weighted by Crippen LogP contribution is 2.31. The Balaban J connectivity index is 1.97. The van der Waals surface area contributed by atoms with Crippen LogP contribution in [0.5, 0.6) is 5.75 Å². The number of nitrogens with zero attached hydrogens (tertiary/aromatic N) is 1. The second kappa shape index (κ2) is 5.71. The van der Waals surface area contributed by atoms with Crippen molar-refractivity contribution in [2.75, 3.05) is 12.3 Å². The number of hydrogen-bond acceptors (Lipinski definition) is 3. The van der Waals surface area contributed by atoms with Crippen molar-refractivity contribution in [3.8, 4) is 28.3 Å². The minimum atomic E-state index is 0.635. The first-order valence-corrected chi connectivity index (χ1v) is 6.91. The van der Waals surface area contributed by atoms with E-state index in [9.17, 15) is 0 Å². The number of anilines is 1. The van der Waals surface area contributed by atoms with Crippen molar-refractivity contribution in [2.45, 2.75) is 6.92 Å². The van der Waals surface area contributed by atoms with E-state index in [1.165, 1.54) is 0 Å². The van der Waals surface area contributed by atoms with Gasteiger partial charge in [-0.05, 0) is 37.3 Å². The predicted molar refractivity (Wildman–Crippen MR) is 85.0 cm³/mol. The van der Waals surface area contributed by atoms with Crippen LogP contribution >= 0.6 is 0 Å². The molecular weight excluding hydrogens is 262 g/mol. The van der Waals surface area contributed by atoms with Crippen molar-refractivity contribution < 1.29 is 4.74 Å². The summed E-state index contributed by atoms with van der Waals surface area (Å²) in [4.78, 5) is 0. The van der Waals surface area contributed by atoms with E-state index >= 15 is 0 Å². The van der Waals surface area contributed by atoms with Gasteiger partial charge in [-0.2, -0.15) is 5.10 Å². The van der Waals surface area contributed by atoms with Gasteiger partial charge in [0.25, 0.3) is 0 Å². The molecule has 0 unspecified atom stereocenters. The Morgan fingerprint density at radius 3 is 2.62 bits per heavy atom. The maximum absolute atomic E-state index is 5.71. The first-order valence-electron chi connectivity index (χ1n) is 6.91. The largest absolute Gasteiger partial charge is 0.493 e. The van der Waals surface area contributed by atoms with Crippen LogP contribution in [-0.2, 0) is 0 Å². The molecule has 0 atom stereocenters. The fourth-order valence-electron chi connectivity index (χ4n) is 2.23. The van der Waals surface area contributed by atoms with Crippen LogP contribution < -0.4 is 10.5 Å². The lowest BCUT2D eigenvalue weighted by Gasteiger charge is -2.07. The number of nitrogens with one attached hydrogen (secondary N) is 1. The predicted octanol–water partition coefficient (Wildman–Crippen LogP) is 3.72. The third kappa shape index (κ3) is 2.74. The molecule has 4 nitrogen and oxygen atoms in total. The summed E-state index contributed by atoms with van der Waals surface area (Å²) in [5.74, 6) is 0.854. The monoisotopic (exact) mass is 279 g/mol. The molecule has 0 bridgehead atoms. The lowest BCUT2D eigenvalue weighted by molar-refractivity contribution is 0.341. The molecule has 0 fully saturated rings. The summed E-state index contributed by atoms with van der Waals surface area (Å²) in [6, 6.07) is 17.6. The zero-order valence-corrected chi connectivity index (χ0v) is 11.8. The molecule has 21 heavy (non-hydrogen) atoms. The SMILES string of the molecule is CCOc1ccccc1-c1cc(-c2ccc(N)cc2)n[nH]1. The molecule has 3 aromatic rings. The zero-order chi connectivity index (χ0) is 14.7. The van der Waals surface area contributed by atoms with E-state index in [0.29, 0.717) is 6.61 Å². The van der Waals surface area contributed by atoms with Gasteiger partial charge in [0.2, 0.25) is 0 Å². The number of para-hydroxylation sites is 1. The Labute approximate surface area is 123 Å². The van der Waals surface area contributed by atoms with Gasteiger partial charge >= 0.3 is 0 Å². The summed E-state index contributed by atoms with van der Waals surface area (Å²) >= 11 is 0. The Kier molecular flexibility index (Phi) is 3.60. The van der Waals surface area contributed by atoms with Gasteiger partial charge in [0.1, 0.15) is 5.75 Å². The summed E-state index contributed by atoms with van der Waals surface area (Å²) in [6.07, 6.45) is 0. The maximum atomic E-state index is 5.71. The van der Waals surface area contributed by atoms with Crippen molar-refractivity contribution in [3.63, 3.8) is 0 Å². The topological polar surface area (TPSA) is 63.9 Å². The van der Waals surface area contributed by atoms with Gasteiger partial charge in [0.15, 0.2) is 0 Å². The Hall–Kier alpha value is -2.75. The number of nitrogen functional groups attached to an aromatic ring is 1. The van der Waals surface area contributed by atoms with Crippen LogP contribution in [-0.4, -0.2) is 16.8 Å². The lowest BCUT2D eigenvalue weighted by Crippen LogP contribution is -1.93. The van der Waals surface area contributed by atoms with E-state index in [1.807, 2.05) is 61.5 Å². The van der Waals surface area contributed by atoms with Crippen LogP contribution in [0, 0.1) is 0 Å². The molecule has 4 heteroatoms. The minimum absolute atomic E-state index is 0.635. The van der Waals surface area contributed by atoms with Crippen LogP contribution in [0.2, 0.25) is 0 Å². The van der Waals surface area contributed by atoms with E-state index in [-0.39, 0.29) is 0 Å². The summed E-state index contributed by atoms with van der Waals surface area (Å²) in [5.41, 5.74) is 10.3. The number of aromatic nitrogens is 2. The molecular formula is C17H17N3O. The second-order valence-corrected chi connectivity index (χ2v) is 4.72. The number of ether oxygens (including phenoxy) is 1. The van der Waals surface area contributed by atoms with E-state index < -0.39 is 0 Å². The molecule has 0 aliphatic rings. The number of hydrogen-bond donors (Lipinski definition) is 2. The number of rotatable bonds is 4. The van der Waals surface area contributed by atoms with Gasteiger partial charge in [0, 0.05) is 16.8 Å². The summed E-state index contributed by atoms with van der Waals surface area (Å²) in [7, 11) is 0. The van der Waals surface area contributed by atoms with E-state index in [4.69, 9.17) is 10.5 Å². The summed E-state index contributed by atoms with van der Waals surface area (Å²) in [6.45, 7) is 2.61. The molecule has 3 N–H and O–H groups in total. The smallest absolute Gasteiger partial charge is 0.128 e. The van der Waals surface area contributed by atoms with Gasteiger partial charge in [-0.1, -0.05) is 24.3 Å². The lowest BCUT2D eigenvalue weighted by atomic mass is 10.1. The highest BCUT2D eigenvalue weighted by molar-refractivity contribution is 5.72. The number of H-pyrrole nitrogens is 1. The van der Waals surface area contributed by atoms with Gasteiger partial charge < -0.3 is 10.5 Å². The highest BCUT2D eigenvalue weighted by Gasteiger charge is 2.10. The molecule has 1 aromatic heterocycles. The van der Waals surface area contributed by atoms with Crippen molar-refractivity contribution in [3.05, 3.63) is 54.6 Å². The average molecular weight is 279 g/mol. The maximum Gasteiger partial charge on any atom is 0.128 e. The zero-order valence-electron chi connectivity index (χ0n) is 11.8. The van der Waals surface area contributed by atoms with Crippen LogP contribution in [0.4, 0.5) is 5.69 Å². The first-order chi connectivity index (χ1) is 10.3. The number of aromatic amines is 1. The summed E-state index contributed by atoms with van der Waals surface area (Å²) in [5, 5.41) is 7.45. The standard InChI is InChI=1S/C17H17N3O/c1-2-21-17-6-4-3-5-14(17)16-11-15(19-20-16)12-7-9-13(18)10-8-12/h3-11H,2,18H2,1H3,(H,19,20). The fraction of sp³-hybridized carbons (Fsp3) is 0.118. The molecule has 0 saturated heterocycles. The summed E-state index contributed by atoms with van der Waals surface area (Å²) < 4.78 is 5.66. The first kappa shape index (κ1) is 13.2. The Morgan fingerprint density at radius 2 is 1.86 bits per heavy atom. The molecule has 2 aromatic carbocycles. The van der Waals surface area contributed by atoms with Crippen molar-refractivity contribution in [1.82, 2.24) is 10.2 Å². The van der Waals surface area contributed by atoms with Crippen molar-refractivity contribution >= 4 is 5.69 Å². The molecule has 0 amide bonds. The normalized spacial score (nSPS) is 10.5. The molecule has 3 rings (SSSR count). The molecule has 0 spiro atoms. The minimum Gasteiger partial charge on any atom is -0.493 e. The average Bonchev–Trinajstić information content (AvgIpc) is 2.99. The molecule has 106 valence electrons. The van der Waals surface area contributed by atoms with Crippen LogP contribution in [0.3, 0.4) is 0 Å². The van der Waals surface area contributed by atoms with Crippen LogP contribution in [0.25, 0.3) is 22.5 Å². The second-order valence-electron chi connectivity index (χ2n) is 4.72. The quantitative estimate of drug-likeness (QED) is 0.715. The van der Waals surface area contributed by atoms with Gasteiger partial charge in [-0.3, -0.25) is 5.10 Å². The van der Waals surface area contributed by atoms with E-state index in [2.05, 4.69) is 10.2 Å². The number of nitrogens with two attached hydrogens (primary N) is 1. The van der Waals surface area contributed by atoms with Crippen LogP contribution in [0.15, 0.2) is 54.6 Å². The van der Waals surface area contributed by atoms with Gasteiger partial charge in [-0.25, -0.2) is 0 Å². The van der Waals surface area contributed by atoms with Gasteiger partial charge in [0.05, 0.1) is 18.0 Å².